The Morgan fingerprint density at radius 1 is 1.21 bits per heavy atom. The monoisotopic (exact) mass is 393 g/mol. The number of piperidine rings is 1. The molecule has 0 radical (unpaired) electrons. The molecular formula is C22H27N5O2. The summed E-state index contributed by atoms with van der Waals surface area (Å²) in [6, 6.07) is 11.3. The van der Waals surface area contributed by atoms with Gasteiger partial charge >= 0.3 is 0 Å². The van der Waals surface area contributed by atoms with Crippen molar-refractivity contribution in [2.24, 2.45) is 0 Å². The number of carbonyl (C=O) groups is 1. The lowest BCUT2D eigenvalue weighted by Crippen LogP contribution is -2.39. The number of rotatable bonds is 3. The molecule has 7 nitrogen and oxygen atoms in total. The number of nitrogens with one attached hydrogen (secondary N) is 1. The molecule has 0 unspecified atom stereocenters. The fourth-order valence-electron chi connectivity index (χ4n) is 3.66. The van der Waals surface area contributed by atoms with Crippen molar-refractivity contribution >= 4 is 23.2 Å². The second-order valence-electron chi connectivity index (χ2n) is 8.62. The normalized spacial score (nSPS) is 17.5. The smallest absolute Gasteiger partial charge is 0.256 e. The lowest BCUT2D eigenvalue weighted by Gasteiger charge is -2.32. The number of amides is 1. The molecular weight excluding hydrogens is 366 g/mol. The SMILES string of the molecule is CC(C)(C)c1ccc(C(=O)Nc2cc(N3CCC[C@@H](O)C3)n3nccc3n2)cc1. The highest BCUT2D eigenvalue weighted by atomic mass is 16.3. The quantitative estimate of drug-likeness (QED) is 0.714. The highest BCUT2D eigenvalue weighted by Crippen LogP contribution is 2.25. The number of aromatic nitrogens is 3. The van der Waals surface area contributed by atoms with Gasteiger partial charge < -0.3 is 15.3 Å². The third-order valence-corrected chi connectivity index (χ3v) is 5.32. The zero-order chi connectivity index (χ0) is 20.6. The molecule has 1 fully saturated rings. The first-order valence-corrected chi connectivity index (χ1v) is 10.0. The molecule has 0 saturated carbocycles. The zero-order valence-corrected chi connectivity index (χ0v) is 17.1. The van der Waals surface area contributed by atoms with Crippen molar-refractivity contribution in [3.63, 3.8) is 0 Å². The van der Waals surface area contributed by atoms with Crippen molar-refractivity contribution in [1.82, 2.24) is 14.6 Å². The summed E-state index contributed by atoms with van der Waals surface area (Å²) in [6.07, 6.45) is 3.04. The number of β-amino-alcohol motifs (C(OH)–C–C–N with tert-alkyl or cyclic N) is 1. The van der Waals surface area contributed by atoms with Crippen molar-refractivity contribution in [2.75, 3.05) is 23.3 Å². The maximum Gasteiger partial charge on any atom is 0.256 e. The van der Waals surface area contributed by atoms with Gasteiger partial charge in [0, 0.05) is 30.8 Å². The number of carbonyl (C=O) groups excluding carboxylic acids is 1. The summed E-state index contributed by atoms with van der Waals surface area (Å²) in [7, 11) is 0. The highest BCUT2D eigenvalue weighted by Gasteiger charge is 2.22. The van der Waals surface area contributed by atoms with E-state index in [1.807, 2.05) is 30.3 Å². The van der Waals surface area contributed by atoms with E-state index in [1.54, 1.807) is 16.8 Å². The van der Waals surface area contributed by atoms with Crippen LogP contribution in [-0.2, 0) is 5.41 Å². The van der Waals surface area contributed by atoms with Crippen LogP contribution < -0.4 is 10.2 Å². The van der Waals surface area contributed by atoms with E-state index in [0.717, 1.165) is 25.2 Å². The third-order valence-electron chi connectivity index (χ3n) is 5.32. The predicted octanol–water partition coefficient (Wildman–Crippen LogP) is 3.24. The van der Waals surface area contributed by atoms with Crippen molar-refractivity contribution in [2.45, 2.75) is 45.1 Å². The Balaban J connectivity index is 1.60. The molecule has 3 aromatic rings. The minimum atomic E-state index is -0.359. The second-order valence-corrected chi connectivity index (χ2v) is 8.62. The Hall–Kier alpha value is -2.93. The largest absolute Gasteiger partial charge is 0.391 e. The van der Waals surface area contributed by atoms with Gasteiger partial charge in [0.05, 0.1) is 12.3 Å². The second kappa shape index (κ2) is 7.48. The number of hydrogen-bond acceptors (Lipinski definition) is 5. The van der Waals surface area contributed by atoms with E-state index in [2.05, 4.69) is 41.1 Å². The Labute approximate surface area is 170 Å². The van der Waals surface area contributed by atoms with Crippen LogP contribution in [0.2, 0.25) is 0 Å². The summed E-state index contributed by atoms with van der Waals surface area (Å²) >= 11 is 0. The molecule has 2 N–H and O–H groups in total. The summed E-state index contributed by atoms with van der Waals surface area (Å²) in [5.41, 5.74) is 2.46. The average molecular weight is 393 g/mol. The van der Waals surface area contributed by atoms with E-state index >= 15 is 0 Å². The molecule has 1 saturated heterocycles. The molecule has 4 rings (SSSR count). The number of aliphatic hydroxyl groups excluding tert-OH is 1. The van der Waals surface area contributed by atoms with Gasteiger partial charge in [0.25, 0.3) is 5.91 Å². The first kappa shape index (κ1) is 19.4. The molecule has 1 aliphatic rings. The number of fused-ring (bicyclic) bond motifs is 1. The van der Waals surface area contributed by atoms with Gasteiger partial charge in [-0.2, -0.15) is 9.61 Å². The van der Waals surface area contributed by atoms with Crippen LogP contribution >= 0.6 is 0 Å². The van der Waals surface area contributed by atoms with Crippen LogP contribution in [0.3, 0.4) is 0 Å². The maximum absolute atomic E-state index is 12.8. The van der Waals surface area contributed by atoms with Gasteiger partial charge in [0.2, 0.25) is 0 Å². The molecule has 2 aromatic heterocycles. The Kier molecular flexibility index (Phi) is 5.00. The summed E-state index contributed by atoms with van der Waals surface area (Å²) < 4.78 is 1.74. The summed E-state index contributed by atoms with van der Waals surface area (Å²) in [4.78, 5) is 19.4. The fourth-order valence-corrected chi connectivity index (χ4v) is 3.66. The van der Waals surface area contributed by atoms with Gasteiger partial charge in [-0.05, 0) is 36.0 Å². The first-order valence-electron chi connectivity index (χ1n) is 10.0. The molecule has 0 aliphatic carbocycles. The van der Waals surface area contributed by atoms with E-state index in [-0.39, 0.29) is 17.4 Å². The maximum atomic E-state index is 12.8. The number of benzene rings is 1. The molecule has 29 heavy (non-hydrogen) atoms. The summed E-state index contributed by atoms with van der Waals surface area (Å²) in [6.45, 7) is 7.81. The van der Waals surface area contributed by atoms with Gasteiger partial charge in [0.15, 0.2) is 5.65 Å². The van der Waals surface area contributed by atoms with Gasteiger partial charge in [-0.1, -0.05) is 32.9 Å². The fraction of sp³-hybridized carbons (Fsp3) is 0.409. The van der Waals surface area contributed by atoms with Crippen LogP contribution in [-0.4, -0.2) is 44.8 Å². The average Bonchev–Trinajstić information content (AvgIpc) is 3.15. The van der Waals surface area contributed by atoms with Crippen molar-refractivity contribution in [3.05, 3.63) is 53.7 Å². The van der Waals surface area contributed by atoms with Crippen LogP contribution in [0.5, 0.6) is 0 Å². The number of nitrogens with zero attached hydrogens (tertiary/aromatic N) is 4. The minimum absolute atomic E-state index is 0.0392. The molecule has 0 spiro atoms. The zero-order valence-electron chi connectivity index (χ0n) is 17.1. The number of anilines is 2. The van der Waals surface area contributed by atoms with E-state index in [4.69, 9.17) is 0 Å². The Bertz CT molecular complexity index is 1020. The molecule has 1 aromatic carbocycles. The van der Waals surface area contributed by atoms with Gasteiger partial charge in [-0.15, -0.1) is 0 Å². The van der Waals surface area contributed by atoms with Crippen LogP contribution in [0.25, 0.3) is 5.65 Å². The van der Waals surface area contributed by atoms with Gasteiger partial charge in [-0.3, -0.25) is 4.79 Å². The molecule has 0 bridgehead atoms. The molecule has 7 heteroatoms. The molecule has 152 valence electrons. The first-order chi connectivity index (χ1) is 13.8. The number of aliphatic hydroxyl groups is 1. The Morgan fingerprint density at radius 3 is 2.66 bits per heavy atom. The van der Waals surface area contributed by atoms with E-state index in [0.29, 0.717) is 23.6 Å². The van der Waals surface area contributed by atoms with E-state index < -0.39 is 0 Å². The predicted molar refractivity (Wildman–Crippen MR) is 114 cm³/mol. The lowest BCUT2D eigenvalue weighted by atomic mass is 9.87. The van der Waals surface area contributed by atoms with E-state index in [9.17, 15) is 9.90 Å². The Morgan fingerprint density at radius 2 is 1.97 bits per heavy atom. The van der Waals surface area contributed by atoms with E-state index in [1.165, 1.54) is 5.56 Å². The lowest BCUT2D eigenvalue weighted by molar-refractivity contribution is 0.102. The van der Waals surface area contributed by atoms with Crippen molar-refractivity contribution < 1.29 is 9.90 Å². The molecule has 1 aliphatic heterocycles. The van der Waals surface area contributed by atoms with Crippen LogP contribution in [0.4, 0.5) is 11.6 Å². The summed E-state index contributed by atoms with van der Waals surface area (Å²) in [5.74, 6) is 1.08. The minimum Gasteiger partial charge on any atom is -0.391 e. The van der Waals surface area contributed by atoms with Crippen molar-refractivity contribution in [3.8, 4) is 0 Å². The van der Waals surface area contributed by atoms with Crippen LogP contribution in [0.1, 0.15) is 49.5 Å². The van der Waals surface area contributed by atoms with Crippen molar-refractivity contribution in [1.29, 1.82) is 0 Å². The van der Waals surface area contributed by atoms with Crippen LogP contribution in [0, 0.1) is 0 Å². The topological polar surface area (TPSA) is 82.8 Å². The van der Waals surface area contributed by atoms with Gasteiger partial charge in [-0.25, -0.2) is 4.98 Å². The summed E-state index contributed by atoms with van der Waals surface area (Å²) in [5, 5.41) is 17.3. The number of hydrogen-bond donors (Lipinski definition) is 2. The molecule has 3 heterocycles. The van der Waals surface area contributed by atoms with Crippen LogP contribution in [0.15, 0.2) is 42.6 Å². The standard InChI is InChI=1S/C22H27N5O2/c1-22(2,3)16-8-6-15(7-9-16)21(29)25-18-13-20(26-12-4-5-17(28)14-26)27-19(24-18)10-11-23-27/h6-11,13,17,28H,4-5,12,14H2,1-3H3,(H,24,25,29)/t17-/m1/s1. The van der Waals surface area contributed by atoms with Gasteiger partial charge in [0.1, 0.15) is 11.6 Å². The molecule has 1 amide bonds. The highest BCUT2D eigenvalue weighted by molar-refractivity contribution is 6.04. The third kappa shape index (κ3) is 4.10. The molecule has 1 atom stereocenters.